The zero-order valence-corrected chi connectivity index (χ0v) is 12.5. The molecule has 104 valence electrons. The van der Waals surface area contributed by atoms with E-state index >= 15 is 0 Å². The van der Waals surface area contributed by atoms with Crippen LogP contribution in [0.2, 0.25) is 0 Å². The van der Waals surface area contributed by atoms with Crippen molar-refractivity contribution in [3.05, 3.63) is 47.2 Å². The van der Waals surface area contributed by atoms with E-state index in [1.54, 1.807) is 0 Å². The van der Waals surface area contributed by atoms with Crippen LogP contribution in [-0.4, -0.2) is 13.7 Å². The van der Waals surface area contributed by atoms with Crippen molar-refractivity contribution in [2.75, 3.05) is 13.7 Å². The zero-order chi connectivity index (χ0) is 13.9. The summed E-state index contributed by atoms with van der Waals surface area (Å²) in [6.07, 6.45) is 4.17. The van der Waals surface area contributed by atoms with Crippen LogP contribution < -0.4 is 5.32 Å². The fraction of sp³-hybridized carbons (Fsp3) is 0.529. The topological polar surface area (TPSA) is 21.3 Å². The summed E-state index contributed by atoms with van der Waals surface area (Å²) in [5.41, 5.74) is 4.24. The van der Waals surface area contributed by atoms with Gasteiger partial charge >= 0.3 is 0 Å². The molecular formula is C17H25NO. The Balaban J connectivity index is 2.22. The van der Waals surface area contributed by atoms with Gasteiger partial charge in [-0.2, -0.15) is 0 Å². The highest BCUT2D eigenvalue weighted by Crippen LogP contribution is 2.29. The monoisotopic (exact) mass is 259 g/mol. The molecule has 0 spiro atoms. The van der Waals surface area contributed by atoms with E-state index in [0.29, 0.717) is 0 Å². The molecule has 0 bridgehead atoms. The summed E-state index contributed by atoms with van der Waals surface area (Å²) in [6.45, 7) is 7.59. The van der Waals surface area contributed by atoms with E-state index in [2.05, 4.69) is 50.4 Å². The van der Waals surface area contributed by atoms with Crippen molar-refractivity contribution in [3.63, 3.8) is 0 Å². The van der Waals surface area contributed by atoms with Crippen LogP contribution in [0.15, 0.2) is 36.1 Å². The normalized spacial score (nSPS) is 17.6. The SMILES string of the molecule is CNC(C1=COCCC1)c1ccc(C(C)(C)C)cc1. The molecule has 0 amide bonds. The zero-order valence-electron chi connectivity index (χ0n) is 12.5. The molecule has 0 fully saturated rings. The lowest BCUT2D eigenvalue weighted by molar-refractivity contribution is 0.220. The molecule has 1 atom stereocenters. The van der Waals surface area contributed by atoms with Gasteiger partial charge in [-0.25, -0.2) is 0 Å². The van der Waals surface area contributed by atoms with Gasteiger partial charge in [-0.3, -0.25) is 0 Å². The average Bonchev–Trinajstić information content (AvgIpc) is 2.40. The smallest absolute Gasteiger partial charge is 0.0876 e. The number of benzene rings is 1. The van der Waals surface area contributed by atoms with Crippen LogP contribution >= 0.6 is 0 Å². The maximum absolute atomic E-state index is 5.46. The Kier molecular flexibility index (Phi) is 4.31. The molecular weight excluding hydrogens is 234 g/mol. The molecule has 1 heterocycles. The quantitative estimate of drug-likeness (QED) is 0.887. The van der Waals surface area contributed by atoms with Crippen LogP contribution in [0.4, 0.5) is 0 Å². The first kappa shape index (κ1) is 14.1. The summed E-state index contributed by atoms with van der Waals surface area (Å²) in [4.78, 5) is 0. The highest BCUT2D eigenvalue weighted by Gasteiger charge is 2.19. The Bertz CT molecular complexity index is 439. The van der Waals surface area contributed by atoms with E-state index in [1.807, 2.05) is 13.3 Å². The first-order valence-corrected chi connectivity index (χ1v) is 7.10. The number of hydrogen-bond donors (Lipinski definition) is 1. The number of rotatable bonds is 3. The van der Waals surface area contributed by atoms with Crippen molar-refractivity contribution in [2.45, 2.75) is 45.1 Å². The van der Waals surface area contributed by atoms with Crippen molar-refractivity contribution < 1.29 is 4.74 Å². The molecule has 1 unspecified atom stereocenters. The van der Waals surface area contributed by atoms with Crippen molar-refractivity contribution in [2.24, 2.45) is 0 Å². The molecule has 0 saturated heterocycles. The van der Waals surface area contributed by atoms with Gasteiger partial charge in [-0.1, -0.05) is 45.0 Å². The van der Waals surface area contributed by atoms with Crippen LogP contribution in [-0.2, 0) is 10.2 Å². The lowest BCUT2D eigenvalue weighted by atomic mass is 9.85. The summed E-state index contributed by atoms with van der Waals surface area (Å²) < 4.78 is 5.46. The largest absolute Gasteiger partial charge is 0.501 e. The summed E-state index contributed by atoms with van der Waals surface area (Å²) in [7, 11) is 2.01. The van der Waals surface area contributed by atoms with Gasteiger partial charge in [0.2, 0.25) is 0 Å². The van der Waals surface area contributed by atoms with Crippen molar-refractivity contribution in [3.8, 4) is 0 Å². The first-order valence-electron chi connectivity index (χ1n) is 7.10. The molecule has 19 heavy (non-hydrogen) atoms. The second-order valence-electron chi connectivity index (χ2n) is 6.26. The molecule has 0 radical (unpaired) electrons. The molecule has 1 aliphatic rings. The molecule has 2 nitrogen and oxygen atoms in total. The second-order valence-corrected chi connectivity index (χ2v) is 6.26. The molecule has 1 aliphatic heterocycles. The third-order valence-electron chi connectivity index (χ3n) is 3.73. The molecule has 2 heteroatoms. The van der Waals surface area contributed by atoms with Crippen molar-refractivity contribution >= 4 is 0 Å². The summed E-state index contributed by atoms with van der Waals surface area (Å²) in [5.74, 6) is 0. The summed E-state index contributed by atoms with van der Waals surface area (Å²) in [5, 5.41) is 3.40. The van der Waals surface area contributed by atoms with Crippen molar-refractivity contribution in [1.29, 1.82) is 0 Å². The van der Waals surface area contributed by atoms with Crippen LogP contribution in [0.1, 0.15) is 50.8 Å². The van der Waals surface area contributed by atoms with Gasteiger partial charge in [0.05, 0.1) is 18.9 Å². The second kappa shape index (κ2) is 5.79. The minimum atomic E-state index is 0.209. The first-order chi connectivity index (χ1) is 9.02. The molecule has 0 aromatic heterocycles. The highest BCUT2D eigenvalue weighted by atomic mass is 16.5. The Morgan fingerprint density at radius 3 is 2.32 bits per heavy atom. The Morgan fingerprint density at radius 1 is 1.16 bits per heavy atom. The summed E-state index contributed by atoms with van der Waals surface area (Å²) >= 11 is 0. The third kappa shape index (κ3) is 3.38. The Labute approximate surface area is 116 Å². The van der Waals surface area contributed by atoms with E-state index in [0.717, 1.165) is 19.4 Å². The number of hydrogen-bond acceptors (Lipinski definition) is 2. The van der Waals surface area contributed by atoms with Crippen molar-refractivity contribution in [1.82, 2.24) is 5.32 Å². The van der Waals surface area contributed by atoms with E-state index in [1.165, 1.54) is 16.7 Å². The van der Waals surface area contributed by atoms with E-state index in [4.69, 9.17) is 4.74 Å². The number of nitrogens with one attached hydrogen (secondary N) is 1. The van der Waals surface area contributed by atoms with Crippen LogP contribution in [0, 0.1) is 0 Å². The molecule has 0 saturated carbocycles. The van der Waals surface area contributed by atoms with Gasteiger partial charge in [-0.15, -0.1) is 0 Å². The van der Waals surface area contributed by atoms with Crippen LogP contribution in [0.5, 0.6) is 0 Å². The van der Waals surface area contributed by atoms with E-state index in [9.17, 15) is 0 Å². The van der Waals surface area contributed by atoms with Crippen LogP contribution in [0.25, 0.3) is 0 Å². The molecule has 0 aliphatic carbocycles. The highest BCUT2D eigenvalue weighted by molar-refractivity contribution is 5.33. The molecule has 2 rings (SSSR count). The minimum Gasteiger partial charge on any atom is -0.501 e. The average molecular weight is 259 g/mol. The maximum atomic E-state index is 5.46. The fourth-order valence-corrected chi connectivity index (χ4v) is 2.54. The number of ether oxygens (including phenoxy) is 1. The van der Waals surface area contributed by atoms with Gasteiger partial charge in [0.25, 0.3) is 0 Å². The lowest BCUT2D eigenvalue weighted by Crippen LogP contribution is -2.21. The third-order valence-corrected chi connectivity index (χ3v) is 3.73. The minimum absolute atomic E-state index is 0.209. The predicted molar refractivity (Wildman–Crippen MR) is 80.2 cm³/mol. The lowest BCUT2D eigenvalue weighted by Gasteiger charge is -2.25. The van der Waals surface area contributed by atoms with Gasteiger partial charge in [0, 0.05) is 0 Å². The maximum Gasteiger partial charge on any atom is 0.0876 e. The molecule has 1 aromatic carbocycles. The predicted octanol–water partition coefficient (Wildman–Crippen LogP) is 3.94. The summed E-state index contributed by atoms with van der Waals surface area (Å²) in [6, 6.07) is 9.22. The van der Waals surface area contributed by atoms with E-state index in [-0.39, 0.29) is 11.5 Å². The van der Waals surface area contributed by atoms with Gasteiger partial charge in [0.1, 0.15) is 0 Å². The standard InChI is InChI=1S/C17H25NO/c1-17(2,3)15-9-7-13(8-10-15)16(18-4)14-6-5-11-19-12-14/h7-10,12,16,18H,5-6,11H2,1-4H3. The number of likely N-dealkylation sites (N-methyl/N-ethyl adjacent to an activating group) is 1. The molecule has 1 aromatic rings. The Hall–Kier alpha value is -1.28. The van der Waals surface area contributed by atoms with Crippen LogP contribution in [0.3, 0.4) is 0 Å². The van der Waals surface area contributed by atoms with Gasteiger partial charge in [0.15, 0.2) is 0 Å². The van der Waals surface area contributed by atoms with E-state index < -0.39 is 0 Å². The Morgan fingerprint density at radius 2 is 1.84 bits per heavy atom. The van der Waals surface area contributed by atoms with Gasteiger partial charge < -0.3 is 10.1 Å². The fourth-order valence-electron chi connectivity index (χ4n) is 2.54. The van der Waals surface area contributed by atoms with Gasteiger partial charge in [-0.05, 0) is 42.0 Å². The molecule has 1 N–H and O–H groups in total.